The summed E-state index contributed by atoms with van der Waals surface area (Å²) in [5.74, 6) is 0.348. The molecule has 1 heterocycles. The molecule has 0 saturated heterocycles. The first-order chi connectivity index (χ1) is 14.0. The smallest absolute Gasteiger partial charge is 0.294 e. The standard InChI is InChI=1S/C20H22N6O3/c1-4-29-17-11-5-14(6-12-17)13-18(27)21-15-7-9-16(10-8-15)26-23-19(22-24-26)20(28)25(2)3/h5-12H,4,13H2,1-3H3,(H,21,27). The highest BCUT2D eigenvalue weighted by molar-refractivity contribution is 5.92. The maximum atomic E-state index is 12.3. The number of carbonyl (C=O) groups excluding carboxylic acids is 2. The van der Waals surface area contributed by atoms with E-state index < -0.39 is 0 Å². The van der Waals surface area contributed by atoms with Gasteiger partial charge in [0.05, 0.1) is 18.7 Å². The van der Waals surface area contributed by atoms with Gasteiger partial charge in [-0.15, -0.1) is 15.0 Å². The van der Waals surface area contributed by atoms with Gasteiger partial charge in [0.2, 0.25) is 5.91 Å². The lowest BCUT2D eigenvalue weighted by Crippen LogP contribution is -2.23. The van der Waals surface area contributed by atoms with E-state index in [-0.39, 0.29) is 24.1 Å². The van der Waals surface area contributed by atoms with E-state index in [0.717, 1.165) is 11.3 Å². The Bertz CT molecular complexity index is 980. The van der Waals surface area contributed by atoms with Gasteiger partial charge in [0.25, 0.3) is 11.7 Å². The van der Waals surface area contributed by atoms with E-state index in [2.05, 4.69) is 20.7 Å². The Labute approximate surface area is 168 Å². The number of carbonyl (C=O) groups is 2. The van der Waals surface area contributed by atoms with Crippen molar-refractivity contribution < 1.29 is 14.3 Å². The van der Waals surface area contributed by atoms with Gasteiger partial charge in [-0.25, -0.2) is 0 Å². The van der Waals surface area contributed by atoms with Crippen LogP contribution >= 0.6 is 0 Å². The summed E-state index contributed by atoms with van der Waals surface area (Å²) in [6, 6.07) is 14.4. The number of hydrogen-bond donors (Lipinski definition) is 1. The zero-order chi connectivity index (χ0) is 20.8. The van der Waals surface area contributed by atoms with Gasteiger partial charge in [-0.05, 0) is 54.1 Å². The average molecular weight is 394 g/mol. The van der Waals surface area contributed by atoms with Crippen LogP contribution in [0.5, 0.6) is 5.75 Å². The van der Waals surface area contributed by atoms with Gasteiger partial charge in [0.15, 0.2) is 0 Å². The van der Waals surface area contributed by atoms with E-state index in [1.165, 1.54) is 9.70 Å². The summed E-state index contributed by atoms with van der Waals surface area (Å²) in [6.07, 6.45) is 0.259. The van der Waals surface area contributed by atoms with Gasteiger partial charge in [0.1, 0.15) is 5.75 Å². The van der Waals surface area contributed by atoms with Crippen LogP contribution in [-0.2, 0) is 11.2 Å². The van der Waals surface area contributed by atoms with Crippen LogP contribution in [0.2, 0.25) is 0 Å². The molecule has 1 N–H and O–H groups in total. The third kappa shape index (κ3) is 5.16. The van der Waals surface area contributed by atoms with Gasteiger partial charge >= 0.3 is 0 Å². The fraction of sp³-hybridized carbons (Fsp3) is 0.250. The van der Waals surface area contributed by atoms with Crippen molar-refractivity contribution in [1.29, 1.82) is 0 Å². The first kappa shape index (κ1) is 20.0. The van der Waals surface area contributed by atoms with Crippen LogP contribution in [0.3, 0.4) is 0 Å². The van der Waals surface area contributed by atoms with Crippen LogP contribution in [0.4, 0.5) is 5.69 Å². The van der Waals surface area contributed by atoms with E-state index in [1.54, 1.807) is 38.4 Å². The summed E-state index contributed by atoms with van der Waals surface area (Å²) in [6.45, 7) is 2.53. The summed E-state index contributed by atoms with van der Waals surface area (Å²) in [5, 5.41) is 14.6. The monoisotopic (exact) mass is 394 g/mol. The topological polar surface area (TPSA) is 102 Å². The SMILES string of the molecule is CCOc1ccc(CC(=O)Nc2ccc(-n3nnc(C(=O)N(C)C)n3)cc2)cc1. The predicted octanol–water partition coefficient (Wildman–Crippen LogP) is 1.94. The van der Waals surface area contributed by atoms with Gasteiger partial charge in [0, 0.05) is 19.8 Å². The Morgan fingerprint density at radius 1 is 1.07 bits per heavy atom. The van der Waals surface area contributed by atoms with Crippen LogP contribution in [0.25, 0.3) is 5.69 Å². The second kappa shape index (κ2) is 8.96. The minimum Gasteiger partial charge on any atom is -0.494 e. The third-order valence-electron chi connectivity index (χ3n) is 3.99. The van der Waals surface area contributed by atoms with Crippen molar-refractivity contribution in [3.05, 3.63) is 59.9 Å². The Morgan fingerprint density at radius 3 is 2.38 bits per heavy atom. The number of benzene rings is 2. The number of rotatable bonds is 7. The molecule has 0 aliphatic rings. The quantitative estimate of drug-likeness (QED) is 0.657. The highest BCUT2D eigenvalue weighted by Crippen LogP contribution is 2.15. The van der Waals surface area contributed by atoms with Crippen LogP contribution in [0.15, 0.2) is 48.5 Å². The Kier molecular flexibility index (Phi) is 6.18. The second-order valence-corrected chi connectivity index (χ2v) is 6.45. The number of hydrogen-bond acceptors (Lipinski definition) is 6. The normalized spacial score (nSPS) is 10.4. The molecule has 3 rings (SSSR count). The summed E-state index contributed by atoms with van der Waals surface area (Å²) in [4.78, 5) is 26.8. The van der Waals surface area contributed by atoms with Crippen LogP contribution in [0, 0.1) is 0 Å². The number of amides is 2. The Morgan fingerprint density at radius 2 is 1.76 bits per heavy atom. The molecule has 0 saturated carbocycles. The molecule has 0 spiro atoms. The fourth-order valence-electron chi connectivity index (χ4n) is 2.55. The number of nitrogens with one attached hydrogen (secondary N) is 1. The first-order valence-electron chi connectivity index (χ1n) is 9.10. The number of tetrazole rings is 1. The molecule has 150 valence electrons. The Hall–Kier alpha value is -3.75. The highest BCUT2D eigenvalue weighted by atomic mass is 16.5. The van der Waals surface area contributed by atoms with E-state index in [9.17, 15) is 9.59 Å². The van der Waals surface area contributed by atoms with Crippen molar-refractivity contribution in [2.24, 2.45) is 0 Å². The Balaban J connectivity index is 1.60. The molecule has 2 amide bonds. The van der Waals surface area contributed by atoms with Crippen molar-refractivity contribution >= 4 is 17.5 Å². The summed E-state index contributed by atoms with van der Waals surface area (Å²) in [7, 11) is 3.24. The fourth-order valence-corrected chi connectivity index (χ4v) is 2.55. The highest BCUT2D eigenvalue weighted by Gasteiger charge is 2.15. The van der Waals surface area contributed by atoms with Crippen molar-refractivity contribution in [2.75, 3.05) is 26.0 Å². The largest absolute Gasteiger partial charge is 0.494 e. The van der Waals surface area contributed by atoms with Crippen LogP contribution in [-0.4, -0.2) is 57.6 Å². The number of ether oxygens (including phenoxy) is 1. The molecule has 0 unspecified atom stereocenters. The van der Waals surface area contributed by atoms with Crippen molar-refractivity contribution in [3.8, 4) is 11.4 Å². The van der Waals surface area contributed by atoms with Crippen molar-refractivity contribution in [1.82, 2.24) is 25.1 Å². The molecule has 0 aliphatic carbocycles. The van der Waals surface area contributed by atoms with Gasteiger partial charge in [-0.3, -0.25) is 9.59 Å². The molecular weight excluding hydrogens is 372 g/mol. The van der Waals surface area contributed by atoms with E-state index >= 15 is 0 Å². The molecule has 9 nitrogen and oxygen atoms in total. The lowest BCUT2D eigenvalue weighted by molar-refractivity contribution is -0.115. The van der Waals surface area contributed by atoms with Crippen molar-refractivity contribution in [3.63, 3.8) is 0 Å². The maximum Gasteiger partial charge on any atom is 0.294 e. The zero-order valence-corrected chi connectivity index (χ0v) is 16.5. The van der Waals surface area contributed by atoms with Crippen LogP contribution in [0.1, 0.15) is 23.1 Å². The van der Waals surface area contributed by atoms with Gasteiger partial charge < -0.3 is 15.0 Å². The molecule has 0 radical (unpaired) electrons. The van der Waals surface area contributed by atoms with Crippen molar-refractivity contribution in [2.45, 2.75) is 13.3 Å². The molecule has 9 heteroatoms. The molecule has 0 aliphatic heterocycles. The molecule has 0 bridgehead atoms. The third-order valence-corrected chi connectivity index (χ3v) is 3.99. The minimum absolute atomic E-state index is 0.0164. The number of aromatic nitrogens is 4. The minimum atomic E-state index is -0.325. The van der Waals surface area contributed by atoms with E-state index in [0.29, 0.717) is 18.0 Å². The maximum absolute atomic E-state index is 12.3. The van der Waals surface area contributed by atoms with E-state index in [4.69, 9.17) is 4.74 Å². The number of nitrogens with zero attached hydrogens (tertiary/aromatic N) is 5. The molecule has 0 fully saturated rings. The summed E-state index contributed by atoms with van der Waals surface area (Å²) < 4.78 is 5.40. The zero-order valence-electron chi connectivity index (χ0n) is 16.5. The molecule has 1 aromatic heterocycles. The lowest BCUT2D eigenvalue weighted by atomic mass is 10.1. The van der Waals surface area contributed by atoms with E-state index in [1.807, 2.05) is 31.2 Å². The summed E-state index contributed by atoms with van der Waals surface area (Å²) >= 11 is 0. The average Bonchev–Trinajstić information content (AvgIpc) is 3.19. The molecule has 0 atom stereocenters. The summed E-state index contributed by atoms with van der Waals surface area (Å²) in [5.41, 5.74) is 2.17. The molecular formula is C20H22N6O3. The lowest BCUT2D eigenvalue weighted by Gasteiger charge is -2.07. The van der Waals surface area contributed by atoms with Gasteiger partial charge in [-0.2, -0.15) is 0 Å². The second-order valence-electron chi connectivity index (χ2n) is 6.45. The number of anilines is 1. The molecule has 2 aromatic carbocycles. The molecule has 3 aromatic rings. The molecule has 29 heavy (non-hydrogen) atoms. The first-order valence-corrected chi connectivity index (χ1v) is 9.10. The van der Waals surface area contributed by atoms with Gasteiger partial charge in [-0.1, -0.05) is 12.1 Å². The van der Waals surface area contributed by atoms with Crippen LogP contribution < -0.4 is 10.1 Å². The predicted molar refractivity (Wildman–Crippen MR) is 107 cm³/mol.